The molecule has 1 amide bonds. The van der Waals surface area contributed by atoms with Gasteiger partial charge in [-0.05, 0) is 13.0 Å². The Bertz CT molecular complexity index is 897. The zero-order valence-electron chi connectivity index (χ0n) is 14.2. The van der Waals surface area contributed by atoms with Gasteiger partial charge in [-0.3, -0.25) is 14.3 Å². The van der Waals surface area contributed by atoms with Crippen molar-refractivity contribution in [2.24, 2.45) is 7.05 Å². The van der Waals surface area contributed by atoms with Gasteiger partial charge in [0.2, 0.25) is 5.91 Å². The fourth-order valence-corrected chi connectivity index (χ4v) is 3.25. The Labute approximate surface area is 144 Å². The van der Waals surface area contributed by atoms with E-state index in [9.17, 15) is 19.5 Å². The molecule has 25 heavy (non-hydrogen) atoms. The van der Waals surface area contributed by atoms with Gasteiger partial charge in [-0.25, -0.2) is 4.79 Å². The molecule has 1 aliphatic rings. The maximum absolute atomic E-state index is 12.5. The summed E-state index contributed by atoms with van der Waals surface area (Å²) in [7, 11) is 1.72. The molecule has 132 valence electrons. The molecule has 1 aliphatic heterocycles. The van der Waals surface area contributed by atoms with E-state index in [1.807, 2.05) is 13.0 Å². The minimum atomic E-state index is -1.09. The van der Waals surface area contributed by atoms with Crippen molar-refractivity contribution in [1.82, 2.24) is 19.2 Å². The first-order valence-electron chi connectivity index (χ1n) is 8.10. The van der Waals surface area contributed by atoms with Gasteiger partial charge in [0, 0.05) is 62.5 Å². The molecule has 0 spiro atoms. The molecule has 2 aromatic rings. The lowest BCUT2D eigenvalue weighted by Crippen LogP contribution is -2.37. The monoisotopic (exact) mass is 344 g/mol. The molecule has 2 aromatic heterocycles. The Morgan fingerprint density at radius 1 is 1.32 bits per heavy atom. The number of pyridine rings is 1. The molecule has 0 fully saturated rings. The molecule has 8 nitrogen and oxygen atoms in total. The highest BCUT2D eigenvalue weighted by Crippen LogP contribution is 2.22. The number of carbonyl (C=O) groups is 2. The van der Waals surface area contributed by atoms with Crippen LogP contribution in [0.2, 0.25) is 0 Å². The average molecular weight is 344 g/mol. The predicted octanol–water partition coefficient (Wildman–Crippen LogP) is 0.563. The molecule has 0 aromatic carbocycles. The standard InChI is InChI=1S/C17H20N4O4/c1-11-4-3-5-15(23)21(11)9-7-14(22)20-8-6-13-12(10-20)16(17(24)25)18-19(13)2/h3-5H,6-10H2,1-2H3,(H,24,25). The average Bonchev–Trinajstić information content (AvgIpc) is 2.91. The molecule has 1 N–H and O–H groups in total. The molecular weight excluding hydrogens is 324 g/mol. The SMILES string of the molecule is Cc1cccc(=O)n1CCC(=O)N1CCc2c(c(C(=O)O)nn2C)C1. The van der Waals surface area contributed by atoms with Gasteiger partial charge < -0.3 is 14.6 Å². The topological polar surface area (TPSA) is 97.4 Å². The number of hydrogen-bond acceptors (Lipinski definition) is 4. The summed E-state index contributed by atoms with van der Waals surface area (Å²) >= 11 is 0. The number of fused-ring (bicyclic) bond motifs is 1. The van der Waals surface area contributed by atoms with E-state index >= 15 is 0 Å². The molecule has 0 radical (unpaired) electrons. The molecule has 3 heterocycles. The number of carboxylic acid groups (broad SMARTS) is 1. The highest BCUT2D eigenvalue weighted by molar-refractivity contribution is 5.88. The molecule has 3 rings (SSSR count). The van der Waals surface area contributed by atoms with Crippen LogP contribution in [0.1, 0.15) is 33.9 Å². The van der Waals surface area contributed by atoms with Crippen molar-refractivity contribution in [3.05, 3.63) is 51.2 Å². The Morgan fingerprint density at radius 2 is 2.08 bits per heavy atom. The molecule has 8 heteroatoms. The highest BCUT2D eigenvalue weighted by atomic mass is 16.4. The molecule has 0 saturated heterocycles. The van der Waals surface area contributed by atoms with Gasteiger partial charge in [0.15, 0.2) is 5.69 Å². The number of aromatic nitrogens is 3. The first-order chi connectivity index (χ1) is 11.9. The van der Waals surface area contributed by atoms with E-state index < -0.39 is 5.97 Å². The summed E-state index contributed by atoms with van der Waals surface area (Å²) in [5.41, 5.74) is 2.14. The third-order valence-corrected chi connectivity index (χ3v) is 4.61. The number of rotatable bonds is 4. The predicted molar refractivity (Wildman–Crippen MR) is 89.3 cm³/mol. The van der Waals surface area contributed by atoms with E-state index in [-0.39, 0.29) is 30.1 Å². The quantitative estimate of drug-likeness (QED) is 0.874. The lowest BCUT2D eigenvalue weighted by atomic mass is 10.0. The normalized spacial score (nSPS) is 13.6. The largest absolute Gasteiger partial charge is 0.476 e. The van der Waals surface area contributed by atoms with Crippen LogP contribution in [0.5, 0.6) is 0 Å². The Hall–Kier alpha value is -2.90. The minimum absolute atomic E-state index is 0.00474. The maximum Gasteiger partial charge on any atom is 0.356 e. The summed E-state index contributed by atoms with van der Waals surface area (Å²) in [4.78, 5) is 37.4. The van der Waals surface area contributed by atoms with Crippen LogP contribution in [0.25, 0.3) is 0 Å². The van der Waals surface area contributed by atoms with E-state index in [0.29, 0.717) is 25.1 Å². The first kappa shape index (κ1) is 16.9. The molecule has 0 aliphatic carbocycles. The van der Waals surface area contributed by atoms with Gasteiger partial charge in [0.25, 0.3) is 5.56 Å². The van der Waals surface area contributed by atoms with Crippen molar-refractivity contribution >= 4 is 11.9 Å². The van der Waals surface area contributed by atoms with Crippen molar-refractivity contribution in [2.45, 2.75) is 32.9 Å². The van der Waals surface area contributed by atoms with Crippen LogP contribution in [0, 0.1) is 6.92 Å². The fourth-order valence-electron chi connectivity index (χ4n) is 3.25. The summed E-state index contributed by atoms with van der Waals surface area (Å²) in [5.74, 6) is -1.18. The van der Waals surface area contributed by atoms with Crippen LogP contribution in [0.4, 0.5) is 0 Å². The number of aryl methyl sites for hydroxylation is 2. The van der Waals surface area contributed by atoms with Crippen LogP contribution in [0.15, 0.2) is 23.0 Å². The van der Waals surface area contributed by atoms with E-state index in [4.69, 9.17) is 0 Å². The second kappa shape index (κ2) is 6.54. The highest BCUT2D eigenvalue weighted by Gasteiger charge is 2.28. The van der Waals surface area contributed by atoms with Crippen LogP contribution in [0.3, 0.4) is 0 Å². The fraction of sp³-hybridized carbons (Fsp3) is 0.412. The lowest BCUT2D eigenvalue weighted by Gasteiger charge is -2.27. The zero-order valence-corrected chi connectivity index (χ0v) is 14.2. The summed E-state index contributed by atoms with van der Waals surface area (Å²) in [6.45, 7) is 2.90. The van der Waals surface area contributed by atoms with Crippen molar-refractivity contribution < 1.29 is 14.7 Å². The summed E-state index contributed by atoms with van der Waals surface area (Å²) in [5, 5.41) is 13.3. The summed E-state index contributed by atoms with van der Waals surface area (Å²) in [6, 6.07) is 4.99. The smallest absolute Gasteiger partial charge is 0.356 e. The van der Waals surface area contributed by atoms with Crippen molar-refractivity contribution in [3.8, 4) is 0 Å². The van der Waals surface area contributed by atoms with Gasteiger partial charge in [0.1, 0.15) is 0 Å². The number of aromatic carboxylic acids is 1. The van der Waals surface area contributed by atoms with E-state index in [1.54, 1.807) is 27.3 Å². The van der Waals surface area contributed by atoms with Gasteiger partial charge in [-0.1, -0.05) is 6.07 Å². The molecule has 0 saturated carbocycles. The second-order valence-electron chi connectivity index (χ2n) is 6.17. The third kappa shape index (κ3) is 3.19. The second-order valence-corrected chi connectivity index (χ2v) is 6.17. The van der Waals surface area contributed by atoms with Crippen molar-refractivity contribution in [3.63, 3.8) is 0 Å². The third-order valence-electron chi connectivity index (χ3n) is 4.61. The molecular formula is C17H20N4O4. The number of carboxylic acids is 1. The zero-order chi connectivity index (χ0) is 18.1. The molecule has 0 unspecified atom stereocenters. The number of carbonyl (C=O) groups excluding carboxylic acids is 1. The van der Waals surface area contributed by atoms with Gasteiger partial charge in [0.05, 0.1) is 0 Å². The van der Waals surface area contributed by atoms with Gasteiger partial charge in [-0.15, -0.1) is 0 Å². The first-order valence-corrected chi connectivity index (χ1v) is 8.10. The Balaban J connectivity index is 1.73. The lowest BCUT2D eigenvalue weighted by molar-refractivity contribution is -0.132. The summed E-state index contributed by atoms with van der Waals surface area (Å²) < 4.78 is 3.15. The number of nitrogens with zero attached hydrogens (tertiary/aromatic N) is 4. The summed E-state index contributed by atoms with van der Waals surface area (Å²) in [6.07, 6.45) is 0.769. The Kier molecular flexibility index (Phi) is 4.43. The number of hydrogen-bond donors (Lipinski definition) is 1. The van der Waals surface area contributed by atoms with Crippen LogP contribution >= 0.6 is 0 Å². The number of amides is 1. The molecule has 0 bridgehead atoms. The van der Waals surface area contributed by atoms with Crippen LogP contribution in [-0.4, -0.2) is 42.8 Å². The van der Waals surface area contributed by atoms with E-state index in [1.165, 1.54) is 6.07 Å². The van der Waals surface area contributed by atoms with Crippen molar-refractivity contribution in [2.75, 3.05) is 6.54 Å². The van der Waals surface area contributed by atoms with Crippen molar-refractivity contribution in [1.29, 1.82) is 0 Å². The minimum Gasteiger partial charge on any atom is -0.476 e. The maximum atomic E-state index is 12.5. The Morgan fingerprint density at radius 3 is 2.76 bits per heavy atom. The van der Waals surface area contributed by atoms with E-state index in [2.05, 4.69) is 5.10 Å². The van der Waals surface area contributed by atoms with Gasteiger partial charge >= 0.3 is 5.97 Å². The van der Waals surface area contributed by atoms with Gasteiger partial charge in [-0.2, -0.15) is 5.10 Å². The van der Waals surface area contributed by atoms with Crippen LogP contribution < -0.4 is 5.56 Å². The molecule has 0 atom stereocenters. The van der Waals surface area contributed by atoms with Crippen LogP contribution in [-0.2, 0) is 31.4 Å². The van der Waals surface area contributed by atoms with E-state index in [0.717, 1.165) is 11.4 Å².